The Balaban J connectivity index is 1.52. The van der Waals surface area contributed by atoms with E-state index in [1.54, 1.807) is 13.4 Å². The maximum Gasteiger partial charge on any atom is 0.313 e. The molecular weight excluding hydrogens is 320 g/mol. The van der Waals surface area contributed by atoms with Gasteiger partial charge in [0.05, 0.1) is 0 Å². The molecule has 7 heteroatoms. The van der Waals surface area contributed by atoms with Crippen LogP contribution in [0.15, 0.2) is 6.33 Å². The van der Waals surface area contributed by atoms with Gasteiger partial charge in [0.15, 0.2) is 0 Å². The van der Waals surface area contributed by atoms with Crippen molar-refractivity contribution >= 4 is 11.8 Å². The maximum absolute atomic E-state index is 12.2. The number of likely N-dealkylation sites (tertiary alicyclic amines) is 1. The Hall–Kier alpha value is -1.73. The molecule has 0 amide bonds. The molecule has 1 aromatic heterocycles. The number of aromatic nitrogens is 2. The predicted molar refractivity (Wildman–Crippen MR) is 92.8 cm³/mol. The van der Waals surface area contributed by atoms with Crippen molar-refractivity contribution < 1.29 is 14.6 Å². The average Bonchev–Trinajstić information content (AvgIpc) is 3.26. The summed E-state index contributed by atoms with van der Waals surface area (Å²) < 4.78 is 5.12. The van der Waals surface area contributed by atoms with Gasteiger partial charge in [-0.1, -0.05) is 0 Å². The molecule has 0 unspecified atom stereocenters. The molecule has 0 saturated carbocycles. The third-order valence-corrected chi connectivity index (χ3v) is 6.08. The lowest BCUT2D eigenvalue weighted by Gasteiger charge is -2.26. The van der Waals surface area contributed by atoms with E-state index in [-0.39, 0.29) is 5.92 Å². The summed E-state index contributed by atoms with van der Waals surface area (Å²) >= 11 is 0. The molecule has 3 aliphatic rings. The molecule has 25 heavy (non-hydrogen) atoms. The maximum atomic E-state index is 12.2. The molecule has 0 spiro atoms. The van der Waals surface area contributed by atoms with Crippen LogP contribution in [-0.2, 0) is 22.4 Å². The van der Waals surface area contributed by atoms with Crippen LogP contribution in [0.25, 0.3) is 0 Å². The highest BCUT2D eigenvalue weighted by Crippen LogP contribution is 2.45. The first-order valence-electron chi connectivity index (χ1n) is 9.16. The summed E-state index contributed by atoms with van der Waals surface area (Å²) in [5.41, 5.74) is 1.70. The summed E-state index contributed by atoms with van der Waals surface area (Å²) in [7, 11) is 1.70. The number of aliphatic carboxylic acids is 1. The first-order chi connectivity index (χ1) is 12.1. The smallest absolute Gasteiger partial charge is 0.313 e. The monoisotopic (exact) mass is 346 g/mol. The van der Waals surface area contributed by atoms with Gasteiger partial charge in [-0.05, 0) is 25.7 Å². The number of carbonyl (C=O) groups is 1. The molecule has 2 fully saturated rings. The van der Waals surface area contributed by atoms with Gasteiger partial charge in [0.1, 0.15) is 17.6 Å². The van der Waals surface area contributed by atoms with Crippen LogP contribution in [0.4, 0.5) is 5.82 Å². The van der Waals surface area contributed by atoms with Gasteiger partial charge < -0.3 is 19.6 Å². The Morgan fingerprint density at radius 3 is 3.00 bits per heavy atom. The molecule has 1 N–H and O–H groups in total. The summed E-state index contributed by atoms with van der Waals surface area (Å²) in [5.74, 6) is 0.461. The summed E-state index contributed by atoms with van der Waals surface area (Å²) in [4.78, 5) is 25.6. The third-order valence-electron chi connectivity index (χ3n) is 6.08. The minimum absolute atomic E-state index is 0.152. The van der Waals surface area contributed by atoms with E-state index in [0.717, 1.165) is 63.4 Å². The number of hydrogen-bond donors (Lipinski definition) is 1. The van der Waals surface area contributed by atoms with E-state index >= 15 is 0 Å². The van der Waals surface area contributed by atoms with Gasteiger partial charge >= 0.3 is 5.97 Å². The second-order valence-electron chi connectivity index (χ2n) is 7.60. The number of carboxylic acids is 1. The normalized spacial score (nSPS) is 28.4. The fourth-order valence-corrected chi connectivity index (χ4v) is 4.85. The highest BCUT2D eigenvalue weighted by molar-refractivity contribution is 5.78. The van der Waals surface area contributed by atoms with E-state index < -0.39 is 11.4 Å². The molecule has 1 aromatic rings. The van der Waals surface area contributed by atoms with Gasteiger partial charge in [-0.3, -0.25) is 4.79 Å². The number of methoxy groups -OCH3 is 1. The Morgan fingerprint density at radius 2 is 2.24 bits per heavy atom. The van der Waals surface area contributed by atoms with Crippen molar-refractivity contribution in [3.8, 4) is 0 Å². The molecule has 136 valence electrons. The number of fused-ring (bicyclic) bond motifs is 2. The Kier molecular flexibility index (Phi) is 4.37. The Labute approximate surface area is 148 Å². The van der Waals surface area contributed by atoms with Crippen LogP contribution < -0.4 is 4.90 Å². The largest absolute Gasteiger partial charge is 0.481 e. The van der Waals surface area contributed by atoms with Gasteiger partial charge in [0, 0.05) is 63.6 Å². The first kappa shape index (κ1) is 16.7. The minimum atomic E-state index is -0.677. The standard InChI is InChI=1S/C18H26N4O3/c1-25-7-3-6-21-8-13-9-22(11-18(13,10-21)17(23)24)16-14-4-2-5-15(14)19-12-20-16/h12-13H,2-11H2,1H3,(H,23,24)/t13-,18-/m1/s1. The van der Waals surface area contributed by atoms with Gasteiger partial charge in [-0.2, -0.15) is 0 Å². The van der Waals surface area contributed by atoms with Crippen LogP contribution >= 0.6 is 0 Å². The van der Waals surface area contributed by atoms with E-state index in [1.807, 2.05) is 0 Å². The zero-order valence-corrected chi connectivity index (χ0v) is 14.8. The molecule has 7 nitrogen and oxygen atoms in total. The van der Waals surface area contributed by atoms with E-state index in [1.165, 1.54) is 5.56 Å². The summed E-state index contributed by atoms with van der Waals surface area (Å²) in [6.45, 7) is 4.43. The Morgan fingerprint density at radius 1 is 1.36 bits per heavy atom. The highest BCUT2D eigenvalue weighted by atomic mass is 16.5. The summed E-state index contributed by atoms with van der Waals surface area (Å²) in [5, 5.41) is 10.0. The SMILES string of the molecule is COCCCN1C[C@@H]2CN(c3ncnc4c3CCC4)C[C@]2(C(=O)O)C1. The molecule has 3 heterocycles. The molecule has 1 aliphatic carbocycles. The summed E-state index contributed by atoms with van der Waals surface area (Å²) in [6.07, 6.45) is 5.73. The molecule has 2 atom stereocenters. The predicted octanol–water partition coefficient (Wildman–Crippen LogP) is 0.825. The number of nitrogens with zero attached hydrogens (tertiary/aromatic N) is 4. The second kappa shape index (κ2) is 6.53. The zero-order chi connectivity index (χ0) is 17.4. The van der Waals surface area contributed by atoms with Gasteiger partial charge in [0.25, 0.3) is 0 Å². The van der Waals surface area contributed by atoms with Crippen LogP contribution in [0.2, 0.25) is 0 Å². The van der Waals surface area contributed by atoms with Crippen LogP contribution in [0.5, 0.6) is 0 Å². The van der Waals surface area contributed by atoms with Crippen LogP contribution in [0.3, 0.4) is 0 Å². The average molecular weight is 346 g/mol. The molecule has 4 rings (SSSR count). The molecule has 0 aromatic carbocycles. The molecular formula is C18H26N4O3. The van der Waals surface area contributed by atoms with E-state index in [2.05, 4.69) is 19.8 Å². The van der Waals surface area contributed by atoms with Gasteiger partial charge in [-0.15, -0.1) is 0 Å². The number of rotatable bonds is 6. The zero-order valence-electron chi connectivity index (χ0n) is 14.8. The Bertz CT molecular complexity index is 668. The number of aryl methyl sites for hydroxylation is 1. The lowest BCUT2D eigenvalue weighted by Crippen LogP contribution is -2.41. The van der Waals surface area contributed by atoms with E-state index in [4.69, 9.17) is 4.74 Å². The number of hydrogen-bond acceptors (Lipinski definition) is 6. The summed E-state index contributed by atoms with van der Waals surface area (Å²) in [6, 6.07) is 0. The number of ether oxygens (including phenoxy) is 1. The fraction of sp³-hybridized carbons (Fsp3) is 0.722. The molecule has 0 bridgehead atoms. The van der Waals surface area contributed by atoms with E-state index in [9.17, 15) is 9.90 Å². The van der Waals surface area contributed by atoms with Crippen molar-refractivity contribution in [3.63, 3.8) is 0 Å². The molecule has 2 aliphatic heterocycles. The van der Waals surface area contributed by atoms with Crippen molar-refractivity contribution in [1.29, 1.82) is 0 Å². The van der Waals surface area contributed by atoms with E-state index in [0.29, 0.717) is 13.1 Å². The second-order valence-corrected chi connectivity index (χ2v) is 7.60. The fourth-order valence-electron chi connectivity index (χ4n) is 4.85. The lowest BCUT2D eigenvalue weighted by molar-refractivity contribution is -0.148. The lowest BCUT2D eigenvalue weighted by atomic mass is 9.81. The van der Waals surface area contributed by atoms with Crippen molar-refractivity contribution in [1.82, 2.24) is 14.9 Å². The van der Waals surface area contributed by atoms with Crippen LogP contribution in [0, 0.1) is 11.3 Å². The molecule has 2 saturated heterocycles. The first-order valence-corrected chi connectivity index (χ1v) is 9.16. The highest BCUT2D eigenvalue weighted by Gasteiger charge is 2.57. The van der Waals surface area contributed by atoms with Gasteiger partial charge in [0.2, 0.25) is 0 Å². The van der Waals surface area contributed by atoms with Crippen molar-refractivity contribution in [2.24, 2.45) is 11.3 Å². The topological polar surface area (TPSA) is 78.8 Å². The minimum Gasteiger partial charge on any atom is -0.481 e. The quantitative estimate of drug-likeness (QED) is 0.764. The third kappa shape index (κ3) is 2.79. The van der Waals surface area contributed by atoms with Crippen LogP contribution in [-0.4, -0.2) is 72.4 Å². The molecule has 0 radical (unpaired) electrons. The number of carboxylic acid groups (broad SMARTS) is 1. The van der Waals surface area contributed by atoms with Crippen molar-refractivity contribution in [2.45, 2.75) is 25.7 Å². The van der Waals surface area contributed by atoms with Gasteiger partial charge in [-0.25, -0.2) is 9.97 Å². The van der Waals surface area contributed by atoms with Crippen molar-refractivity contribution in [3.05, 3.63) is 17.6 Å². The van der Waals surface area contributed by atoms with Crippen LogP contribution in [0.1, 0.15) is 24.1 Å². The number of anilines is 1. The van der Waals surface area contributed by atoms with Crippen molar-refractivity contribution in [2.75, 3.05) is 51.3 Å².